The summed E-state index contributed by atoms with van der Waals surface area (Å²) in [5.74, 6) is 0.716. The molecule has 1 rings (SSSR count). The SMILES string of the molecule is CC(C)CN1CC(C)[S@@]1=N. The van der Waals surface area contributed by atoms with Gasteiger partial charge in [-0.2, -0.15) is 0 Å². The van der Waals surface area contributed by atoms with Crippen molar-refractivity contribution in [3.63, 3.8) is 0 Å². The van der Waals surface area contributed by atoms with Crippen LogP contribution in [0.25, 0.3) is 0 Å². The van der Waals surface area contributed by atoms with Gasteiger partial charge in [-0.3, -0.25) is 4.78 Å². The van der Waals surface area contributed by atoms with Crippen molar-refractivity contribution in [3.05, 3.63) is 0 Å². The third kappa shape index (κ3) is 1.58. The average molecular weight is 160 g/mol. The van der Waals surface area contributed by atoms with E-state index < -0.39 is 0 Å². The van der Waals surface area contributed by atoms with E-state index in [1.807, 2.05) is 0 Å². The summed E-state index contributed by atoms with van der Waals surface area (Å²) in [6, 6.07) is 0. The highest BCUT2D eigenvalue weighted by atomic mass is 32.2. The Morgan fingerprint density at radius 2 is 2.30 bits per heavy atom. The molecule has 1 saturated heterocycles. The normalized spacial score (nSPS) is 34.4. The van der Waals surface area contributed by atoms with Crippen LogP contribution >= 0.6 is 0 Å². The summed E-state index contributed by atoms with van der Waals surface area (Å²) in [4.78, 5) is 0. The molecule has 2 nitrogen and oxygen atoms in total. The summed E-state index contributed by atoms with van der Waals surface area (Å²) in [5, 5.41) is 0.624. The molecule has 0 radical (unpaired) electrons. The molecule has 0 aromatic carbocycles. The smallest absolute Gasteiger partial charge is 0.0401 e. The summed E-state index contributed by atoms with van der Waals surface area (Å²) < 4.78 is 9.88. The molecule has 3 heteroatoms. The lowest BCUT2D eigenvalue weighted by atomic mass is 10.2. The number of nitrogens with zero attached hydrogens (tertiary/aromatic N) is 1. The Kier molecular flexibility index (Phi) is 2.47. The molecule has 60 valence electrons. The predicted octanol–water partition coefficient (Wildman–Crippen LogP) is 1.64. The van der Waals surface area contributed by atoms with Crippen molar-refractivity contribution < 1.29 is 0 Å². The first-order chi connectivity index (χ1) is 4.61. The molecule has 0 bridgehead atoms. The monoisotopic (exact) mass is 160 g/mol. The number of rotatable bonds is 2. The van der Waals surface area contributed by atoms with Crippen molar-refractivity contribution in [1.29, 1.82) is 4.78 Å². The van der Waals surface area contributed by atoms with Gasteiger partial charge in [0.05, 0.1) is 0 Å². The van der Waals surface area contributed by atoms with E-state index in [1.165, 1.54) is 0 Å². The van der Waals surface area contributed by atoms with Gasteiger partial charge < -0.3 is 0 Å². The maximum absolute atomic E-state index is 7.62. The van der Waals surface area contributed by atoms with E-state index in [0.717, 1.165) is 13.1 Å². The van der Waals surface area contributed by atoms with Gasteiger partial charge in [-0.05, 0) is 23.7 Å². The molecule has 2 atom stereocenters. The lowest BCUT2D eigenvalue weighted by molar-refractivity contribution is 0.365. The molecule has 0 aromatic heterocycles. The minimum absolute atomic E-state index is 0.162. The predicted molar refractivity (Wildman–Crippen MR) is 46.0 cm³/mol. The standard InChI is InChI=1S/C7H16N2S/c1-6(2)4-9-5-7(3)10(9)8/h6-8H,4-5H2,1-3H3/t7?,10-/m1/s1. The summed E-state index contributed by atoms with van der Waals surface area (Å²) in [5.41, 5.74) is 0. The van der Waals surface area contributed by atoms with Crippen LogP contribution in [-0.2, 0) is 10.9 Å². The fourth-order valence-corrected chi connectivity index (χ4v) is 2.58. The Hall–Kier alpha value is 0.110. The maximum Gasteiger partial charge on any atom is 0.0401 e. The van der Waals surface area contributed by atoms with Crippen LogP contribution in [0.3, 0.4) is 0 Å². The highest BCUT2D eigenvalue weighted by Crippen LogP contribution is 2.18. The summed E-state index contributed by atoms with van der Waals surface area (Å²) >= 11 is 0. The lowest BCUT2D eigenvalue weighted by Crippen LogP contribution is -2.50. The van der Waals surface area contributed by atoms with E-state index in [0.29, 0.717) is 11.2 Å². The first kappa shape index (κ1) is 8.21. The van der Waals surface area contributed by atoms with Crippen LogP contribution in [-0.4, -0.2) is 22.6 Å². The number of hydrogen-bond acceptors (Lipinski definition) is 1. The molecule has 0 aromatic rings. The Morgan fingerprint density at radius 3 is 2.60 bits per heavy atom. The molecule has 10 heavy (non-hydrogen) atoms. The van der Waals surface area contributed by atoms with Crippen molar-refractivity contribution in [3.8, 4) is 0 Å². The number of nitrogens with one attached hydrogen (secondary N) is 1. The van der Waals surface area contributed by atoms with Crippen LogP contribution < -0.4 is 0 Å². The Morgan fingerprint density at radius 1 is 1.70 bits per heavy atom. The summed E-state index contributed by atoms with van der Waals surface area (Å²) in [6.07, 6.45) is 0. The second-order valence-corrected chi connectivity index (χ2v) is 5.32. The van der Waals surface area contributed by atoms with Gasteiger partial charge in [-0.1, -0.05) is 13.8 Å². The molecule has 1 unspecified atom stereocenters. The van der Waals surface area contributed by atoms with Gasteiger partial charge in [0.2, 0.25) is 0 Å². The lowest BCUT2D eigenvalue weighted by Gasteiger charge is -2.39. The Bertz CT molecular complexity index is 145. The minimum Gasteiger partial charge on any atom is -0.265 e. The minimum atomic E-state index is -0.162. The van der Waals surface area contributed by atoms with E-state index in [9.17, 15) is 0 Å². The van der Waals surface area contributed by atoms with Crippen LogP contribution in [0.2, 0.25) is 0 Å². The maximum atomic E-state index is 7.62. The van der Waals surface area contributed by atoms with E-state index >= 15 is 0 Å². The van der Waals surface area contributed by atoms with Gasteiger partial charge in [0, 0.05) is 18.3 Å². The third-order valence-electron chi connectivity index (χ3n) is 1.69. The van der Waals surface area contributed by atoms with Crippen LogP contribution in [0.5, 0.6) is 0 Å². The van der Waals surface area contributed by atoms with Crippen LogP contribution in [0.4, 0.5) is 0 Å². The Balaban J connectivity index is 2.27. The van der Waals surface area contributed by atoms with Crippen LogP contribution in [0, 0.1) is 10.7 Å². The molecule has 0 spiro atoms. The zero-order valence-electron chi connectivity index (χ0n) is 6.92. The second-order valence-electron chi connectivity index (χ2n) is 3.37. The largest absolute Gasteiger partial charge is 0.265 e. The zero-order valence-corrected chi connectivity index (χ0v) is 7.74. The number of hydrogen-bond donors (Lipinski definition) is 1. The molecule has 1 aliphatic rings. The van der Waals surface area contributed by atoms with Crippen molar-refractivity contribution in [2.24, 2.45) is 5.92 Å². The van der Waals surface area contributed by atoms with Crippen molar-refractivity contribution >= 4 is 10.9 Å². The molecule has 1 heterocycles. The van der Waals surface area contributed by atoms with E-state index in [1.54, 1.807) is 0 Å². The summed E-state index contributed by atoms with van der Waals surface area (Å²) in [7, 11) is -0.162. The molecule has 1 N–H and O–H groups in total. The van der Waals surface area contributed by atoms with Crippen molar-refractivity contribution in [2.75, 3.05) is 13.1 Å². The second kappa shape index (κ2) is 3.01. The zero-order chi connectivity index (χ0) is 7.72. The van der Waals surface area contributed by atoms with Gasteiger partial charge in [0.1, 0.15) is 0 Å². The molecular weight excluding hydrogens is 144 g/mol. The van der Waals surface area contributed by atoms with Gasteiger partial charge in [0.15, 0.2) is 0 Å². The average Bonchev–Trinajstić information content (AvgIpc) is 1.86. The van der Waals surface area contributed by atoms with Crippen LogP contribution in [0.1, 0.15) is 20.8 Å². The Labute approximate surface area is 65.6 Å². The topological polar surface area (TPSA) is 27.1 Å². The van der Waals surface area contributed by atoms with Gasteiger partial charge in [-0.15, -0.1) is 0 Å². The first-order valence-electron chi connectivity index (χ1n) is 3.80. The van der Waals surface area contributed by atoms with Gasteiger partial charge in [-0.25, -0.2) is 4.31 Å². The molecule has 1 fully saturated rings. The van der Waals surface area contributed by atoms with Crippen molar-refractivity contribution in [2.45, 2.75) is 26.0 Å². The van der Waals surface area contributed by atoms with Crippen LogP contribution in [0.15, 0.2) is 0 Å². The van der Waals surface area contributed by atoms with E-state index in [-0.39, 0.29) is 10.9 Å². The fourth-order valence-electron chi connectivity index (χ4n) is 1.17. The van der Waals surface area contributed by atoms with E-state index in [2.05, 4.69) is 25.1 Å². The fraction of sp³-hybridized carbons (Fsp3) is 1.00. The van der Waals surface area contributed by atoms with Gasteiger partial charge in [0.25, 0.3) is 0 Å². The third-order valence-corrected chi connectivity index (χ3v) is 3.45. The highest BCUT2D eigenvalue weighted by molar-refractivity contribution is 7.85. The summed E-state index contributed by atoms with van der Waals surface area (Å²) in [6.45, 7) is 8.83. The highest BCUT2D eigenvalue weighted by Gasteiger charge is 2.28. The molecule has 1 aliphatic heterocycles. The molecule has 0 aliphatic carbocycles. The molecular formula is C7H16N2S. The first-order valence-corrected chi connectivity index (χ1v) is 5.05. The van der Waals surface area contributed by atoms with E-state index in [4.69, 9.17) is 4.78 Å². The molecule has 0 saturated carbocycles. The molecule has 0 amide bonds. The van der Waals surface area contributed by atoms with Gasteiger partial charge >= 0.3 is 0 Å². The van der Waals surface area contributed by atoms with Crippen molar-refractivity contribution in [1.82, 2.24) is 4.31 Å². The quantitative estimate of drug-likeness (QED) is 0.653.